The second-order valence-electron chi connectivity index (χ2n) is 6.11. The van der Waals surface area contributed by atoms with Crippen molar-refractivity contribution >= 4 is 21.6 Å². The minimum atomic E-state index is -3.50. The van der Waals surface area contributed by atoms with Crippen molar-refractivity contribution in [3.8, 4) is 0 Å². The molecular formula is C19H22N2O3S. The van der Waals surface area contributed by atoms with Crippen molar-refractivity contribution in [2.24, 2.45) is 0 Å². The fourth-order valence-electron chi connectivity index (χ4n) is 3.01. The molecule has 6 heteroatoms. The Balaban J connectivity index is 1.92. The predicted molar refractivity (Wildman–Crippen MR) is 98.4 cm³/mol. The number of carbonyl (C=O) groups excluding carboxylic acids is 1. The van der Waals surface area contributed by atoms with Crippen molar-refractivity contribution in [1.29, 1.82) is 0 Å². The number of rotatable bonds is 5. The van der Waals surface area contributed by atoms with Gasteiger partial charge in [0.25, 0.3) is 5.91 Å². The van der Waals surface area contributed by atoms with Gasteiger partial charge in [-0.1, -0.05) is 25.1 Å². The molecule has 2 aromatic rings. The van der Waals surface area contributed by atoms with Crippen LogP contribution in [0.5, 0.6) is 0 Å². The Hall–Kier alpha value is -2.18. The molecule has 0 unspecified atom stereocenters. The smallest absolute Gasteiger partial charge is 0.258 e. The van der Waals surface area contributed by atoms with Crippen LogP contribution in [0.1, 0.15) is 35.7 Å². The lowest BCUT2D eigenvalue weighted by Gasteiger charge is -2.30. The number of nitrogens with one attached hydrogen (secondary N) is 1. The SMILES string of the molecule is CCCNS(=O)(=O)c1ccc2c(c1)CCCN2C(=O)c1ccccc1. The van der Waals surface area contributed by atoms with E-state index >= 15 is 0 Å². The van der Waals surface area contributed by atoms with Crippen LogP contribution in [0.25, 0.3) is 0 Å². The molecule has 0 fully saturated rings. The normalized spacial score (nSPS) is 14.2. The van der Waals surface area contributed by atoms with Gasteiger partial charge < -0.3 is 4.90 Å². The maximum absolute atomic E-state index is 12.8. The number of fused-ring (bicyclic) bond motifs is 1. The summed E-state index contributed by atoms with van der Waals surface area (Å²) in [6.45, 7) is 2.97. The number of amides is 1. The Labute approximate surface area is 148 Å². The predicted octanol–water partition coefficient (Wildman–Crippen LogP) is 2.97. The highest BCUT2D eigenvalue weighted by Gasteiger charge is 2.25. The van der Waals surface area contributed by atoms with Gasteiger partial charge in [0.2, 0.25) is 10.0 Å². The molecule has 1 aliphatic heterocycles. The molecule has 0 aromatic heterocycles. The zero-order valence-corrected chi connectivity index (χ0v) is 15.1. The van der Waals surface area contributed by atoms with Gasteiger partial charge in [0.15, 0.2) is 0 Å². The van der Waals surface area contributed by atoms with Crippen LogP contribution in [0.15, 0.2) is 53.4 Å². The highest BCUT2D eigenvalue weighted by Crippen LogP contribution is 2.30. The van der Waals surface area contributed by atoms with E-state index in [1.54, 1.807) is 35.2 Å². The summed E-state index contributed by atoms with van der Waals surface area (Å²) in [5, 5.41) is 0. The van der Waals surface area contributed by atoms with Gasteiger partial charge in [0.05, 0.1) is 4.90 Å². The summed E-state index contributed by atoms with van der Waals surface area (Å²) in [7, 11) is -3.50. The van der Waals surface area contributed by atoms with Crippen LogP contribution in [0.2, 0.25) is 0 Å². The Kier molecular flexibility index (Phi) is 5.20. The molecule has 1 amide bonds. The first kappa shape index (κ1) is 17.6. The zero-order valence-electron chi connectivity index (χ0n) is 14.2. The molecule has 0 saturated heterocycles. The molecular weight excluding hydrogens is 336 g/mol. The number of anilines is 1. The molecule has 0 saturated carbocycles. The summed E-state index contributed by atoms with van der Waals surface area (Å²) < 4.78 is 27.2. The van der Waals surface area contributed by atoms with Crippen molar-refractivity contribution in [3.05, 3.63) is 59.7 Å². The van der Waals surface area contributed by atoms with E-state index < -0.39 is 10.0 Å². The third kappa shape index (κ3) is 3.75. The van der Waals surface area contributed by atoms with E-state index in [-0.39, 0.29) is 10.8 Å². The van der Waals surface area contributed by atoms with Crippen molar-refractivity contribution in [2.75, 3.05) is 18.0 Å². The zero-order chi connectivity index (χ0) is 17.9. The van der Waals surface area contributed by atoms with Crippen LogP contribution in [0.4, 0.5) is 5.69 Å². The lowest BCUT2D eigenvalue weighted by Crippen LogP contribution is -2.35. The van der Waals surface area contributed by atoms with Gasteiger partial charge in [-0.15, -0.1) is 0 Å². The summed E-state index contributed by atoms with van der Waals surface area (Å²) in [4.78, 5) is 14.8. The molecule has 0 atom stereocenters. The number of carbonyl (C=O) groups is 1. The van der Waals surface area contributed by atoms with E-state index in [0.29, 0.717) is 18.7 Å². The van der Waals surface area contributed by atoms with Gasteiger partial charge in [-0.25, -0.2) is 13.1 Å². The van der Waals surface area contributed by atoms with Crippen LogP contribution in [-0.4, -0.2) is 27.4 Å². The molecule has 0 spiro atoms. The van der Waals surface area contributed by atoms with Crippen molar-refractivity contribution < 1.29 is 13.2 Å². The van der Waals surface area contributed by atoms with Crippen LogP contribution in [-0.2, 0) is 16.4 Å². The average Bonchev–Trinajstić information content (AvgIpc) is 2.65. The van der Waals surface area contributed by atoms with Crippen LogP contribution in [0.3, 0.4) is 0 Å². The van der Waals surface area contributed by atoms with Crippen molar-refractivity contribution in [1.82, 2.24) is 4.72 Å². The monoisotopic (exact) mass is 358 g/mol. The first-order valence-electron chi connectivity index (χ1n) is 8.52. The van der Waals surface area contributed by atoms with Gasteiger partial charge in [-0.2, -0.15) is 0 Å². The molecule has 0 radical (unpaired) electrons. The first-order valence-corrected chi connectivity index (χ1v) is 10.0. The van der Waals surface area contributed by atoms with E-state index in [4.69, 9.17) is 0 Å². The summed E-state index contributed by atoms with van der Waals surface area (Å²) >= 11 is 0. The number of aryl methyl sites for hydroxylation is 1. The van der Waals surface area contributed by atoms with Crippen LogP contribution in [0, 0.1) is 0 Å². The molecule has 1 N–H and O–H groups in total. The number of hydrogen-bond donors (Lipinski definition) is 1. The Morgan fingerprint density at radius 1 is 1.16 bits per heavy atom. The first-order chi connectivity index (χ1) is 12.0. The topological polar surface area (TPSA) is 66.5 Å². The van der Waals surface area contributed by atoms with Crippen LogP contribution < -0.4 is 9.62 Å². The summed E-state index contributed by atoms with van der Waals surface area (Å²) in [6.07, 6.45) is 2.33. The molecule has 5 nitrogen and oxygen atoms in total. The van der Waals surface area contributed by atoms with E-state index in [2.05, 4.69) is 4.72 Å². The van der Waals surface area contributed by atoms with Gasteiger partial charge in [0.1, 0.15) is 0 Å². The molecule has 132 valence electrons. The molecule has 1 aliphatic rings. The second kappa shape index (κ2) is 7.37. The maximum atomic E-state index is 12.8. The fourth-order valence-corrected chi connectivity index (χ4v) is 4.19. The largest absolute Gasteiger partial charge is 0.308 e. The molecule has 1 heterocycles. The Morgan fingerprint density at radius 2 is 1.92 bits per heavy atom. The van der Waals surface area contributed by atoms with Gasteiger partial charge >= 0.3 is 0 Å². The quantitative estimate of drug-likeness (QED) is 0.893. The highest BCUT2D eigenvalue weighted by molar-refractivity contribution is 7.89. The second-order valence-corrected chi connectivity index (χ2v) is 7.88. The molecule has 25 heavy (non-hydrogen) atoms. The van der Waals surface area contributed by atoms with E-state index in [1.807, 2.05) is 25.1 Å². The van der Waals surface area contributed by atoms with E-state index in [1.165, 1.54) is 0 Å². The average molecular weight is 358 g/mol. The third-order valence-electron chi connectivity index (χ3n) is 4.29. The van der Waals surface area contributed by atoms with Crippen molar-refractivity contribution in [2.45, 2.75) is 31.1 Å². The fraction of sp³-hybridized carbons (Fsp3) is 0.316. The summed E-state index contributed by atoms with van der Waals surface area (Å²) in [5.74, 6) is -0.0544. The van der Waals surface area contributed by atoms with Crippen molar-refractivity contribution in [3.63, 3.8) is 0 Å². The van der Waals surface area contributed by atoms with Crippen LogP contribution >= 0.6 is 0 Å². The highest BCUT2D eigenvalue weighted by atomic mass is 32.2. The lowest BCUT2D eigenvalue weighted by molar-refractivity contribution is 0.0985. The standard InChI is InChI=1S/C19H22N2O3S/c1-2-12-20-25(23,24)17-10-11-18-16(14-17)9-6-13-21(18)19(22)15-7-4-3-5-8-15/h3-5,7-8,10-11,14,20H,2,6,9,12-13H2,1H3. The molecule has 2 aromatic carbocycles. The maximum Gasteiger partial charge on any atom is 0.258 e. The minimum absolute atomic E-state index is 0.0544. The van der Waals surface area contributed by atoms with Gasteiger partial charge in [0, 0.05) is 24.3 Å². The van der Waals surface area contributed by atoms with E-state index in [0.717, 1.165) is 30.5 Å². The Bertz CT molecular complexity index is 863. The number of benzene rings is 2. The molecule has 3 rings (SSSR count). The molecule has 0 bridgehead atoms. The third-order valence-corrected chi connectivity index (χ3v) is 5.75. The van der Waals surface area contributed by atoms with E-state index in [9.17, 15) is 13.2 Å². The summed E-state index contributed by atoms with van der Waals surface area (Å²) in [5.41, 5.74) is 2.33. The number of nitrogens with zero attached hydrogens (tertiary/aromatic N) is 1. The van der Waals surface area contributed by atoms with Gasteiger partial charge in [-0.05, 0) is 55.2 Å². The van der Waals surface area contributed by atoms with Gasteiger partial charge in [-0.3, -0.25) is 4.79 Å². The minimum Gasteiger partial charge on any atom is -0.308 e. The Morgan fingerprint density at radius 3 is 2.64 bits per heavy atom. The lowest BCUT2D eigenvalue weighted by atomic mass is 10.0. The molecule has 0 aliphatic carbocycles. The number of sulfonamides is 1. The summed E-state index contributed by atoms with van der Waals surface area (Å²) in [6, 6.07) is 14.2. The number of hydrogen-bond acceptors (Lipinski definition) is 3.